The lowest BCUT2D eigenvalue weighted by molar-refractivity contribution is 0.170. The van der Waals surface area contributed by atoms with Crippen molar-refractivity contribution in [2.75, 3.05) is 14.2 Å². The number of aryl methyl sites for hydroxylation is 2. The van der Waals surface area contributed by atoms with Crippen LogP contribution in [0.1, 0.15) is 36.0 Å². The highest BCUT2D eigenvalue weighted by Gasteiger charge is 2.34. The Kier molecular flexibility index (Phi) is 7.09. The molecular weight excluding hydrogens is 486 g/mol. The summed E-state index contributed by atoms with van der Waals surface area (Å²) in [6, 6.07) is 8.68. The number of rotatable bonds is 9. The molecule has 190 valence electrons. The van der Waals surface area contributed by atoms with Crippen LogP contribution in [0.2, 0.25) is 0 Å². The minimum atomic E-state index is -3.96. The molecule has 12 heteroatoms. The first-order valence-electron chi connectivity index (χ1n) is 11.1. The number of nitrogens with zero attached hydrogens (tertiary/aromatic N) is 5. The lowest BCUT2D eigenvalue weighted by Gasteiger charge is -2.20. The standard InChI is InChI=1S/C24H27N5O6S/c1-14-11-26-17(12-25-14)23(30)16(3)36(31,32)13-21-27-28-24(20-10-9-15(2)35-20)29(21)22-18(33-4)7-6-8-19(22)34-5/h6-12,16,23,30H,13H2,1-5H3/t16-,23-/m1/s1. The maximum atomic E-state index is 13.4. The lowest BCUT2D eigenvalue weighted by atomic mass is 10.2. The second-order valence-corrected chi connectivity index (χ2v) is 10.6. The van der Waals surface area contributed by atoms with Crippen molar-refractivity contribution in [3.05, 3.63) is 65.7 Å². The van der Waals surface area contributed by atoms with E-state index in [9.17, 15) is 13.5 Å². The molecule has 1 aromatic carbocycles. The van der Waals surface area contributed by atoms with Crippen LogP contribution in [0.15, 0.2) is 47.1 Å². The summed E-state index contributed by atoms with van der Waals surface area (Å²) >= 11 is 0. The van der Waals surface area contributed by atoms with E-state index < -0.39 is 26.9 Å². The van der Waals surface area contributed by atoms with Crippen LogP contribution in [0, 0.1) is 13.8 Å². The third-order valence-electron chi connectivity index (χ3n) is 5.76. The van der Waals surface area contributed by atoms with Gasteiger partial charge >= 0.3 is 0 Å². The summed E-state index contributed by atoms with van der Waals surface area (Å²) in [4.78, 5) is 8.22. The molecule has 3 aromatic heterocycles. The maximum absolute atomic E-state index is 13.4. The molecule has 3 heterocycles. The summed E-state index contributed by atoms with van der Waals surface area (Å²) in [5.41, 5.74) is 1.23. The van der Waals surface area contributed by atoms with Crippen LogP contribution in [0.3, 0.4) is 0 Å². The molecule has 2 atom stereocenters. The Bertz CT molecular complexity index is 1440. The predicted molar refractivity (Wildman–Crippen MR) is 131 cm³/mol. The van der Waals surface area contributed by atoms with Gasteiger partial charge in [0.25, 0.3) is 0 Å². The Morgan fingerprint density at radius 3 is 2.28 bits per heavy atom. The molecule has 11 nitrogen and oxygen atoms in total. The first-order chi connectivity index (χ1) is 17.2. The van der Waals surface area contributed by atoms with E-state index in [0.717, 1.165) is 0 Å². The molecule has 4 rings (SSSR count). The summed E-state index contributed by atoms with van der Waals surface area (Å²) in [7, 11) is -0.964. The minimum absolute atomic E-state index is 0.0934. The Morgan fingerprint density at radius 2 is 1.72 bits per heavy atom. The normalized spacial score (nSPS) is 13.4. The molecule has 0 aliphatic carbocycles. The zero-order chi connectivity index (χ0) is 26.0. The third-order valence-corrected chi connectivity index (χ3v) is 7.81. The monoisotopic (exact) mass is 513 g/mol. The summed E-state index contributed by atoms with van der Waals surface area (Å²) in [6.07, 6.45) is 1.46. The van der Waals surface area contributed by atoms with Crippen LogP contribution in [-0.4, -0.2) is 57.7 Å². The van der Waals surface area contributed by atoms with Gasteiger partial charge in [-0.2, -0.15) is 0 Å². The van der Waals surface area contributed by atoms with Gasteiger partial charge in [0.2, 0.25) is 5.82 Å². The second-order valence-electron chi connectivity index (χ2n) is 8.24. The smallest absolute Gasteiger partial charge is 0.204 e. The summed E-state index contributed by atoms with van der Waals surface area (Å²) in [6.45, 7) is 4.96. The maximum Gasteiger partial charge on any atom is 0.204 e. The largest absolute Gasteiger partial charge is 0.494 e. The molecule has 0 spiro atoms. The van der Waals surface area contributed by atoms with Gasteiger partial charge in [0.05, 0.1) is 37.1 Å². The number of furan rings is 1. The molecule has 36 heavy (non-hydrogen) atoms. The van der Waals surface area contributed by atoms with Gasteiger partial charge in [-0.05, 0) is 45.0 Å². The molecule has 0 amide bonds. The van der Waals surface area contributed by atoms with Gasteiger partial charge in [-0.25, -0.2) is 8.42 Å². The van der Waals surface area contributed by atoms with E-state index in [1.165, 1.54) is 38.1 Å². The van der Waals surface area contributed by atoms with Gasteiger partial charge in [0.1, 0.15) is 34.8 Å². The highest BCUT2D eigenvalue weighted by atomic mass is 32.2. The quantitative estimate of drug-likeness (QED) is 0.355. The van der Waals surface area contributed by atoms with Crippen molar-refractivity contribution < 1.29 is 27.4 Å². The van der Waals surface area contributed by atoms with Crippen LogP contribution in [0.4, 0.5) is 0 Å². The fourth-order valence-electron chi connectivity index (χ4n) is 3.71. The highest BCUT2D eigenvalue weighted by molar-refractivity contribution is 7.91. The first kappa shape index (κ1) is 25.3. The molecular formula is C24H27N5O6S. The third kappa shape index (κ3) is 4.82. The molecule has 0 bridgehead atoms. The summed E-state index contributed by atoms with van der Waals surface area (Å²) < 4.78 is 45.3. The van der Waals surface area contributed by atoms with E-state index in [-0.39, 0.29) is 17.3 Å². The van der Waals surface area contributed by atoms with Gasteiger partial charge in [0.15, 0.2) is 21.4 Å². The van der Waals surface area contributed by atoms with Crippen LogP contribution in [0.5, 0.6) is 11.5 Å². The number of benzene rings is 1. The van der Waals surface area contributed by atoms with Crippen LogP contribution < -0.4 is 9.47 Å². The molecule has 0 fully saturated rings. The van der Waals surface area contributed by atoms with Gasteiger partial charge in [0, 0.05) is 6.20 Å². The van der Waals surface area contributed by atoms with Crippen LogP contribution >= 0.6 is 0 Å². The Labute approximate surface area is 208 Å². The lowest BCUT2D eigenvalue weighted by Crippen LogP contribution is -2.28. The number of aromatic nitrogens is 5. The number of para-hydroxylation sites is 1. The van der Waals surface area contributed by atoms with E-state index in [1.807, 2.05) is 0 Å². The van der Waals surface area contributed by atoms with Crippen molar-refractivity contribution >= 4 is 9.84 Å². The first-order valence-corrected chi connectivity index (χ1v) is 12.8. The van der Waals surface area contributed by atoms with E-state index >= 15 is 0 Å². The van der Waals surface area contributed by atoms with Crippen molar-refractivity contribution in [1.82, 2.24) is 24.7 Å². The molecule has 1 N–H and O–H groups in total. The number of aliphatic hydroxyl groups is 1. The van der Waals surface area contributed by atoms with E-state index in [1.54, 1.807) is 44.2 Å². The predicted octanol–water partition coefficient (Wildman–Crippen LogP) is 2.99. The Balaban J connectivity index is 1.81. The average molecular weight is 514 g/mol. The SMILES string of the molecule is COc1cccc(OC)c1-n1c(CS(=O)(=O)[C@H](C)[C@@H](O)c2cnc(C)cn2)nnc1-c1ccc(C)o1. The topological polar surface area (TPSA) is 142 Å². The number of aliphatic hydroxyl groups excluding tert-OH is 1. The molecule has 0 unspecified atom stereocenters. The van der Waals surface area contributed by atoms with Crippen molar-refractivity contribution in [2.45, 2.75) is 37.9 Å². The fraction of sp³-hybridized carbons (Fsp3) is 0.333. The average Bonchev–Trinajstić information content (AvgIpc) is 3.48. The molecule has 0 aliphatic heterocycles. The number of hydrogen-bond acceptors (Lipinski definition) is 10. The summed E-state index contributed by atoms with van der Waals surface area (Å²) in [5, 5.41) is 18.0. The number of methoxy groups -OCH3 is 2. The van der Waals surface area contributed by atoms with E-state index in [0.29, 0.717) is 34.4 Å². The van der Waals surface area contributed by atoms with Crippen molar-refractivity contribution in [1.29, 1.82) is 0 Å². The van der Waals surface area contributed by atoms with Crippen molar-refractivity contribution in [3.8, 4) is 28.8 Å². The van der Waals surface area contributed by atoms with Crippen LogP contribution in [-0.2, 0) is 15.6 Å². The van der Waals surface area contributed by atoms with Crippen LogP contribution in [0.25, 0.3) is 17.3 Å². The molecule has 0 radical (unpaired) electrons. The fourth-order valence-corrected chi connectivity index (χ4v) is 5.06. The Hall–Kier alpha value is -3.77. The molecule has 0 saturated heterocycles. The van der Waals surface area contributed by atoms with Gasteiger partial charge in [-0.15, -0.1) is 10.2 Å². The van der Waals surface area contributed by atoms with E-state index in [4.69, 9.17) is 13.9 Å². The molecule has 0 saturated carbocycles. The molecule has 4 aromatic rings. The number of hydrogen-bond donors (Lipinski definition) is 1. The second kappa shape index (κ2) is 10.1. The van der Waals surface area contributed by atoms with Gasteiger partial charge in [-0.1, -0.05) is 6.07 Å². The zero-order valence-electron chi connectivity index (χ0n) is 20.5. The Morgan fingerprint density at radius 1 is 1.03 bits per heavy atom. The van der Waals surface area contributed by atoms with Gasteiger partial charge in [-0.3, -0.25) is 14.5 Å². The number of sulfone groups is 1. The van der Waals surface area contributed by atoms with Crippen molar-refractivity contribution in [2.24, 2.45) is 0 Å². The number of ether oxygens (including phenoxy) is 2. The van der Waals surface area contributed by atoms with Gasteiger partial charge < -0.3 is 19.0 Å². The van der Waals surface area contributed by atoms with Crippen molar-refractivity contribution in [3.63, 3.8) is 0 Å². The molecule has 0 aliphatic rings. The van der Waals surface area contributed by atoms with E-state index in [2.05, 4.69) is 20.2 Å². The summed E-state index contributed by atoms with van der Waals surface area (Å²) in [5.74, 6) is 1.71. The minimum Gasteiger partial charge on any atom is -0.494 e. The highest BCUT2D eigenvalue weighted by Crippen LogP contribution is 2.37. The zero-order valence-corrected chi connectivity index (χ0v) is 21.4.